The van der Waals surface area contributed by atoms with Gasteiger partial charge in [-0.05, 0) is 74.3 Å². The molecule has 19 nitrogen and oxygen atoms in total. The number of nitrogens with zero attached hydrogens (tertiary/aromatic N) is 3. The Hall–Kier alpha value is -6.54. The molecule has 360 valence electrons. The molecule has 1 saturated carbocycles. The Morgan fingerprint density at radius 2 is 1.33 bits per heavy atom. The van der Waals surface area contributed by atoms with E-state index in [1.807, 2.05) is 0 Å². The van der Waals surface area contributed by atoms with Gasteiger partial charge < -0.3 is 21.7 Å². The SMILES string of the molecule is NC(=NCCC[C@H](NC(=O)[C@@H](CCCCCCCCN1C(=O)c2ccccc2C1=O)C1CCCC1)C(=O)N[C@@H](Cc1ccccc1)C(=O)C(=O)NCCNS(=O)(=O)c1ccccc1)N[N+](=O)[O-]. The molecule has 0 saturated heterocycles. The fourth-order valence-electron chi connectivity index (χ4n) is 8.52. The second-order valence-corrected chi connectivity index (χ2v) is 18.6. The zero-order valence-corrected chi connectivity index (χ0v) is 38.3. The van der Waals surface area contributed by atoms with Gasteiger partial charge in [-0.3, -0.25) is 33.7 Å². The summed E-state index contributed by atoms with van der Waals surface area (Å²) in [5.74, 6) is -4.31. The largest absolute Gasteiger partial charge is 0.365 e. The minimum Gasteiger partial charge on any atom is -0.365 e. The van der Waals surface area contributed by atoms with Crippen molar-refractivity contribution in [1.82, 2.24) is 31.0 Å². The normalized spacial score (nSPS) is 15.3. The number of fused-ring (bicyclic) bond motifs is 1. The molecule has 1 fully saturated rings. The van der Waals surface area contributed by atoms with Gasteiger partial charge in [-0.25, -0.2) is 28.2 Å². The summed E-state index contributed by atoms with van der Waals surface area (Å²) in [5.41, 5.74) is 8.86. The van der Waals surface area contributed by atoms with Gasteiger partial charge in [0.05, 0.1) is 16.0 Å². The van der Waals surface area contributed by atoms with Gasteiger partial charge in [0, 0.05) is 38.5 Å². The Labute approximate surface area is 390 Å². The number of hydrazine groups is 1. The second-order valence-electron chi connectivity index (χ2n) is 16.8. The van der Waals surface area contributed by atoms with Crippen molar-refractivity contribution in [3.63, 3.8) is 0 Å². The van der Waals surface area contributed by atoms with E-state index in [9.17, 15) is 47.3 Å². The first-order valence-electron chi connectivity index (χ1n) is 22.9. The lowest BCUT2D eigenvalue weighted by atomic mass is 9.85. The van der Waals surface area contributed by atoms with E-state index in [1.165, 1.54) is 17.0 Å². The van der Waals surface area contributed by atoms with E-state index >= 15 is 0 Å². The van der Waals surface area contributed by atoms with Crippen LogP contribution in [0.15, 0.2) is 94.8 Å². The average Bonchev–Trinajstić information content (AvgIpc) is 3.94. The van der Waals surface area contributed by atoms with E-state index in [1.54, 1.807) is 78.2 Å². The molecule has 5 rings (SSSR count). The third kappa shape index (κ3) is 15.8. The van der Waals surface area contributed by atoms with Crippen LogP contribution in [-0.4, -0.2) is 97.9 Å². The predicted octanol–water partition coefficient (Wildman–Crippen LogP) is 3.57. The maximum atomic E-state index is 14.2. The maximum absolute atomic E-state index is 14.2. The van der Waals surface area contributed by atoms with Crippen LogP contribution in [0.25, 0.3) is 0 Å². The molecule has 0 aromatic heterocycles. The Bertz CT molecular complexity index is 2290. The minimum atomic E-state index is -3.87. The number of hydrogen-bond acceptors (Lipinski definition) is 11. The first-order valence-corrected chi connectivity index (χ1v) is 24.4. The van der Waals surface area contributed by atoms with E-state index in [-0.39, 0.29) is 67.4 Å². The van der Waals surface area contributed by atoms with Gasteiger partial charge in [0.25, 0.3) is 23.7 Å². The second kappa shape index (κ2) is 26.0. The van der Waals surface area contributed by atoms with E-state index < -0.39 is 56.6 Å². The number of nitro groups is 1. The number of ketones is 1. The number of sulfonamides is 1. The Morgan fingerprint density at radius 1 is 0.746 bits per heavy atom. The molecule has 1 aliphatic carbocycles. The highest BCUT2D eigenvalue weighted by Crippen LogP contribution is 2.35. The van der Waals surface area contributed by atoms with Crippen LogP contribution >= 0.6 is 0 Å². The Kier molecular flexibility index (Phi) is 19.9. The lowest BCUT2D eigenvalue weighted by Gasteiger charge is -2.27. The van der Waals surface area contributed by atoms with E-state index in [0.717, 1.165) is 57.8 Å². The molecule has 0 radical (unpaired) electrons. The number of Topliss-reactive ketones (excluding diaryl/α,β-unsaturated/α-hetero) is 1. The smallest absolute Gasteiger partial charge is 0.289 e. The molecule has 0 unspecified atom stereocenters. The summed E-state index contributed by atoms with van der Waals surface area (Å²) >= 11 is 0. The number of guanidine groups is 1. The van der Waals surface area contributed by atoms with Gasteiger partial charge >= 0.3 is 0 Å². The fraction of sp³-hybridized carbons (Fsp3) is 0.468. The molecule has 1 heterocycles. The zero-order chi connectivity index (χ0) is 48.2. The molecule has 20 heteroatoms. The molecule has 3 aromatic carbocycles. The van der Waals surface area contributed by atoms with Gasteiger partial charge in [-0.15, -0.1) is 0 Å². The van der Waals surface area contributed by atoms with Gasteiger partial charge in [0.1, 0.15) is 12.1 Å². The van der Waals surface area contributed by atoms with Crippen LogP contribution in [-0.2, 0) is 35.6 Å². The highest BCUT2D eigenvalue weighted by molar-refractivity contribution is 7.89. The van der Waals surface area contributed by atoms with Gasteiger partial charge in [-0.1, -0.05) is 111 Å². The van der Waals surface area contributed by atoms with Crippen LogP contribution in [0, 0.1) is 22.0 Å². The maximum Gasteiger partial charge on any atom is 0.289 e. The first-order chi connectivity index (χ1) is 32.2. The van der Waals surface area contributed by atoms with Crippen LogP contribution in [0.3, 0.4) is 0 Å². The zero-order valence-electron chi connectivity index (χ0n) is 37.5. The van der Waals surface area contributed by atoms with E-state index in [0.29, 0.717) is 36.1 Å². The topological polar surface area (TPSA) is 281 Å². The summed E-state index contributed by atoms with van der Waals surface area (Å²) in [5, 5.41) is 18.0. The Morgan fingerprint density at radius 3 is 1.97 bits per heavy atom. The standard InChI is InChI=1S/C47H61N9O10S/c48-47(54-56(63)64)50-28-17-27-39(43(59)53-40(32-33-18-7-5-8-19-33)41(57)44(60)49-29-30-51-67(65,66)35-22-9-6-10-23-35)52-42(58)36(34-20-12-13-21-34)24-11-3-1-2-4-16-31-55-45(61)37-25-14-15-26-38(37)46(55)62/h5-10,14-15,18-19,22-23,25-26,34,36,39-40,51H,1-4,11-13,16-17,20-21,24,27-32H2,(H,49,60)(H,52,58)(H,53,59)(H3,48,50,54)/t36-,39-,40-/m0/s1. The summed E-state index contributed by atoms with van der Waals surface area (Å²) in [6.07, 6.45) is 9.31. The number of nitrogens with one attached hydrogen (secondary N) is 5. The molecule has 0 bridgehead atoms. The third-order valence-corrected chi connectivity index (χ3v) is 13.5. The van der Waals surface area contributed by atoms with Gasteiger partial charge in [0.2, 0.25) is 27.6 Å². The molecule has 0 spiro atoms. The molecular weight excluding hydrogens is 883 g/mol. The van der Waals surface area contributed by atoms with Crippen molar-refractivity contribution in [2.45, 2.75) is 107 Å². The van der Waals surface area contributed by atoms with Crippen molar-refractivity contribution >= 4 is 51.3 Å². The predicted molar refractivity (Wildman–Crippen MR) is 249 cm³/mol. The lowest BCUT2D eigenvalue weighted by Crippen LogP contribution is -2.55. The van der Waals surface area contributed by atoms with Crippen LogP contribution in [0.5, 0.6) is 0 Å². The number of rotatable bonds is 28. The molecule has 3 atom stereocenters. The number of amides is 5. The quantitative estimate of drug-likeness (QED) is 0.0116. The summed E-state index contributed by atoms with van der Waals surface area (Å²) in [7, 11) is -3.87. The molecule has 1 aliphatic heterocycles. The first kappa shape index (κ1) is 51.4. The van der Waals surface area contributed by atoms with Crippen molar-refractivity contribution in [2.24, 2.45) is 22.6 Å². The summed E-state index contributed by atoms with van der Waals surface area (Å²) < 4.78 is 27.6. The summed E-state index contributed by atoms with van der Waals surface area (Å²) in [6, 6.07) is 20.6. The number of carbonyl (C=O) groups excluding carboxylic acids is 6. The lowest BCUT2D eigenvalue weighted by molar-refractivity contribution is -0.525. The average molecular weight is 944 g/mol. The highest BCUT2D eigenvalue weighted by Gasteiger charge is 2.36. The molecular formula is C47H61N9O10S. The monoisotopic (exact) mass is 943 g/mol. The van der Waals surface area contributed by atoms with Crippen molar-refractivity contribution in [3.05, 3.63) is 112 Å². The van der Waals surface area contributed by atoms with E-state index in [4.69, 9.17) is 5.73 Å². The van der Waals surface area contributed by atoms with Crippen molar-refractivity contribution in [1.29, 1.82) is 0 Å². The number of hydrogen-bond donors (Lipinski definition) is 6. The van der Waals surface area contributed by atoms with Crippen molar-refractivity contribution in [2.75, 3.05) is 26.2 Å². The highest BCUT2D eigenvalue weighted by atomic mass is 32.2. The summed E-state index contributed by atoms with van der Waals surface area (Å²) in [4.78, 5) is 96.9. The molecule has 2 aliphatic rings. The van der Waals surface area contributed by atoms with Gasteiger partial charge in [0.15, 0.2) is 5.03 Å². The van der Waals surface area contributed by atoms with Crippen LogP contribution in [0.4, 0.5) is 0 Å². The number of benzene rings is 3. The molecule has 5 amide bonds. The van der Waals surface area contributed by atoms with Crippen LogP contribution < -0.4 is 31.8 Å². The fourth-order valence-corrected chi connectivity index (χ4v) is 9.57. The van der Waals surface area contributed by atoms with Crippen molar-refractivity contribution < 1.29 is 42.2 Å². The summed E-state index contributed by atoms with van der Waals surface area (Å²) in [6.45, 7) is -0.110. The number of imide groups is 1. The van der Waals surface area contributed by atoms with Crippen molar-refractivity contribution in [3.8, 4) is 0 Å². The number of nitrogens with two attached hydrogens (primary N) is 1. The van der Waals surface area contributed by atoms with Crippen LogP contribution in [0.1, 0.15) is 110 Å². The number of carbonyl (C=O) groups is 6. The molecule has 7 N–H and O–H groups in total. The van der Waals surface area contributed by atoms with Crippen LogP contribution in [0.2, 0.25) is 0 Å². The molecule has 3 aromatic rings. The van der Waals surface area contributed by atoms with Gasteiger partial charge in [-0.2, -0.15) is 0 Å². The minimum absolute atomic E-state index is 0.0188. The molecule has 67 heavy (non-hydrogen) atoms. The van der Waals surface area contributed by atoms with E-state index in [2.05, 4.69) is 25.7 Å². The number of unbranched alkanes of at least 4 members (excludes halogenated alkanes) is 5. The third-order valence-electron chi connectivity index (χ3n) is 12.0. The number of aliphatic imine (C=N–C) groups is 1. The Balaban J connectivity index is 1.19.